The predicted molar refractivity (Wildman–Crippen MR) is 61.5 cm³/mol. The molecular weight excluding hydrogens is 190 g/mol. The fourth-order valence-electron chi connectivity index (χ4n) is 2.16. The van der Waals surface area contributed by atoms with E-state index in [1.54, 1.807) is 0 Å². The van der Waals surface area contributed by atoms with Crippen molar-refractivity contribution in [3.8, 4) is 0 Å². The first-order valence-corrected chi connectivity index (χ1v) is 5.76. The van der Waals surface area contributed by atoms with Gasteiger partial charge in [-0.05, 0) is 26.3 Å². The normalized spacial score (nSPS) is 24.9. The molecule has 4 nitrogen and oxygen atoms in total. The van der Waals surface area contributed by atoms with Gasteiger partial charge in [0.15, 0.2) is 0 Å². The Hall–Kier alpha value is -0.610. The van der Waals surface area contributed by atoms with Gasteiger partial charge in [-0.15, -0.1) is 0 Å². The molecule has 0 saturated carbocycles. The predicted octanol–water partition coefficient (Wildman–Crippen LogP) is 0.324. The molecule has 3 N–H and O–H groups in total. The molecule has 0 aromatic carbocycles. The molecule has 1 fully saturated rings. The maximum Gasteiger partial charge on any atom is 0.242 e. The number of nitrogens with two attached hydrogens (primary N) is 1. The molecule has 15 heavy (non-hydrogen) atoms. The molecular formula is C11H23N3O. The van der Waals surface area contributed by atoms with E-state index in [1.807, 2.05) is 18.9 Å². The molecule has 0 aromatic heterocycles. The molecule has 0 spiro atoms. The SMILES string of the molecule is CCCC(C)(N)C(=O)N(C)C1CCNC1. The van der Waals surface area contributed by atoms with Crippen molar-refractivity contribution < 1.29 is 4.79 Å². The van der Waals surface area contributed by atoms with Crippen LogP contribution < -0.4 is 11.1 Å². The van der Waals surface area contributed by atoms with Crippen LogP contribution in [-0.4, -0.2) is 42.5 Å². The van der Waals surface area contributed by atoms with Crippen LogP contribution in [0, 0.1) is 0 Å². The zero-order chi connectivity index (χ0) is 11.5. The first-order chi connectivity index (χ1) is 6.99. The van der Waals surface area contributed by atoms with Gasteiger partial charge in [-0.25, -0.2) is 0 Å². The smallest absolute Gasteiger partial charge is 0.242 e. The molecule has 1 aliphatic rings. The number of carbonyl (C=O) groups excluding carboxylic acids is 1. The molecule has 0 bridgehead atoms. The number of amides is 1. The Morgan fingerprint density at radius 3 is 2.80 bits per heavy atom. The lowest BCUT2D eigenvalue weighted by Gasteiger charge is -2.32. The summed E-state index contributed by atoms with van der Waals surface area (Å²) in [6.45, 7) is 5.77. The van der Waals surface area contributed by atoms with Crippen LogP contribution in [0.4, 0.5) is 0 Å². The van der Waals surface area contributed by atoms with Crippen molar-refractivity contribution in [3.63, 3.8) is 0 Å². The molecule has 0 radical (unpaired) electrons. The molecule has 1 rings (SSSR count). The number of hydrogen-bond donors (Lipinski definition) is 2. The maximum absolute atomic E-state index is 12.1. The second-order valence-electron chi connectivity index (χ2n) is 4.73. The summed E-state index contributed by atoms with van der Waals surface area (Å²) in [5, 5.41) is 3.26. The highest BCUT2D eigenvalue weighted by atomic mass is 16.2. The van der Waals surface area contributed by atoms with Crippen LogP contribution in [0.3, 0.4) is 0 Å². The van der Waals surface area contributed by atoms with Crippen LogP contribution in [0.25, 0.3) is 0 Å². The van der Waals surface area contributed by atoms with Crippen molar-refractivity contribution in [2.45, 2.75) is 44.7 Å². The zero-order valence-corrected chi connectivity index (χ0v) is 10.0. The number of likely N-dealkylation sites (N-methyl/N-ethyl adjacent to an activating group) is 1. The van der Waals surface area contributed by atoms with E-state index in [4.69, 9.17) is 5.73 Å². The molecule has 88 valence electrons. The van der Waals surface area contributed by atoms with E-state index in [0.29, 0.717) is 6.04 Å². The third-order valence-corrected chi connectivity index (χ3v) is 3.16. The Labute approximate surface area is 92.2 Å². The van der Waals surface area contributed by atoms with E-state index in [9.17, 15) is 4.79 Å². The van der Waals surface area contributed by atoms with Crippen molar-refractivity contribution in [2.24, 2.45) is 5.73 Å². The van der Waals surface area contributed by atoms with Gasteiger partial charge in [0.05, 0.1) is 5.54 Å². The summed E-state index contributed by atoms with van der Waals surface area (Å²) in [7, 11) is 1.86. The van der Waals surface area contributed by atoms with Gasteiger partial charge in [-0.3, -0.25) is 4.79 Å². The molecule has 2 unspecified atom stereocenters. The minimum atomic E-state index is -0.702. The van der Waals surface area contributed by atoms with Gasteiger partial charge in [0.2, 0.25) is 5.91 Å². The van der Waals surface area contributed by atoms with Crippen LogP contribution in [0.5, 0.6) is 0 Å². The lowest BCUT2D eigenvalue weighted by atomic mass is 9.95. The molecule has 1 amide bonds. The van der Waals surface area contributed by atoms with E-state index in [1.165, 1.54) is 0 Å². The molecule has 1 saturated heterocycles. The number of rotatable bonds is 4. The Bertz CT molecular complexity index is 222. The quantitative estimate of drug-likeness (QED) is 0.707. The summed E-state index contributed by atoms with van der Waals surface area (Å²) in [5.41, 5.74) is 5.33. The number of hydrogen-bond acceptors (Lipinski definition) is 3. The Morgan fingerprint density at radius 2 is 2.33 bits per heavy atom. The van der Waals surface area contributed by atoms with Gasteiger partial charge in [-0.2, -0.15) is 0 Å². The zero-order valence-electron chi connectivity index (χ0n) is 10.0. The van der Waals surface area contributed by atoms with Gasteiger partial charge in [0.25, 0.3) is 0 Å². The van der Waals surface area contributed by atoms with Crippen molar-refractivity contribution in [1.29, 1.82) is 0 Å². The minimum Gasteiger partial charge on any atom is -0.340 e. The first kappa shape index (κ1) is 12.5. The molecule has 0 aromatic rings. The Kier molecular flexibility index (Phi) is 4.11. The highest BCUT2D eigenvalue weighted by molar-refractivity contribution is 5.85. The van der Waals surface area contributed by atoms with E-state index in [0.717, 1.165) is 32.4 Å². The van der Waals surface area contributed by atoms with Gasteiger partial charge in [0, 0.05) is 19.6 Å². The van der Waals surface area contributed by atoms with Crippen molar-refractivity contribution in [1.82, 2.24) is 10.2 Å². The largest absolute Gasteiger partial charge is 0.340 e. The van der Waals surface area contributed by atoms with Crippen molar-refractivity contribution >= 4 is 5.91 Å². The average Bonchev–Trinajstić information content (AvgIpc) is 2.68. The summed E-state index contributed by atoms with van der Waals surface area (Å²) >= 11 is 0. The molecule has 4 heteroatoms. The highest BCUT2D eigenvalue weighted by Gasteiger charge is 2.33. The molecule has 1 aliphatic heterocycles. The molecule has 1 heterocycles. The van der Waals surface area contributed by atoms with Gasteiger partial charge in [0.1, 0.15) is 0 Å². The van der Waals surface area contributed by atoms with Crippen LogP contribution in [-0.2, 0) is 4.79 Å². The lowest BCUT2D eigenvalue weighted by molar-refractivity contribution is -0.137. The van der Waals surface area contributed by atoms with Crippen LogP contribution in [0.15, 0.2) is 0 Å². The second kappa shape index (κ2) is 4.94. The number of nitrogens with zero attached hydrogens (tertiary/aromatic N) is 1. The number of nitrogens with one attached hydrogen (secondary N) is 1. The minimum absolute atomic E-state index is 0.0676. The summed E-state index contributed by atoms with van der Waals surface area (Å²) < 4.78 is 0. The van der Waals surface area contributed by atoms with E-state index < -0.39 is 5.54 Å². The lowest BCUT2D eigenvalue weighted by Crippen LogP contribution is -2.55. The fourth-order valence-corrected chi connectivity index (χ4v) is 2.16. The van der Waals surface area contributed by atoms with Crippen LogP contribution >= 0.6 is 0 Å². The van der Waals surface area contributed by atoms with Crippen LogP contribution in [0.1, 0.15) is 33.1 Å². The van der Waals surface area contributed by atoms with Gasteiger partial charge < -0.3 is 16.0 Å². The molecule has 0 aliphatic carbocycles. The third kappa shape index (κ3) is 2.92. The average molecular weight is 213 g/mol. The summed E-state index contributed by atoms with van der Waals surface area (Å²) in [4.78, 5) is 13.9. The fraction of sp³-hybridized carbons (Fsp3) is 0.909. The standard InChI is InChI=1S/C11H23N3O/c1-4-6-11(2,12)10(15)14(3)9-5-7-13-8-9/h9,13H,4-8,12H2,1-3H3. The molecule has 2 atom stereocenters. The maximum atomic E-state index is 12.1. The Morgan fingerprint density at radius 1 is 1.67 bits per heavy atom. The first-order valence-electron chi connectivity index (χ1n) is 5.76. The topological polar surface area (TPSA) is 58.4 Å². The third-order valence-electron chi connectivity index (χ3n) is 3.16. The summed E-state index contributed by atoms with van der Waals surface area (Å²) in [6.07, 6.45) is 2.72. The summed E-state index contributed by atoms with van der Waals surface area (Å²) in [6, 6.07) is 0.317. The Balaban J connectivity index is 2.57. The van der Waals surface area contributed by atoms with Crippen molar-refractivity contribution in [2.75, 3.05) is 20.1 Å². The highest BCUT2D eigenvalue weighted by Crippen LogP contribution is 2.15. The van der Waals surface area contributed by atoms with Gasteiger partial charge >= 0.3 is 0 Å². The number of carbonyl (C=O) groups is 1. The van der Waals surface area contributed by atoms with Gasteiger partial charge in [-0.1, -0.05) is 13.3 Å². The van der Waals surface area contributed by atoms with Crippen molar-refractivity contribution in [3.05, 3.63) is 0 Å². The monoisotopic (exact) mass is 213 g/mol. The summed E-state index contributed by atoms with van der Waals surface area (Å²) in [5.74, 6) is 0.0676. The second-order valence-corrected chi connectivity index (χ2v) is 4.73. The van der Waals surface area contributed by atoms with E-state index in [-0.39, 0.29) is 5.91 Å². The van der Waals surface area contributed by atoms with E-state index >= 15 is 0 Å². The van der Waals surface area contributed by atoms with Crippen LogP contribution in [0.2, 0.25) is 0 Å². The van der Waals surface area contributed by atoms with E-state index in [2.05, 4.69) is 12.2 Å².